The van der Waals surface area contributed by atoms with Crippen molar-refractivity contribution in [3.63, 3.8) is 0 Å². The largest absolute Gasteiger partial charge is 2.00 e. The van der Waals surface area contributed by atoms with Gasteiger partial charge in [0.05, 0.1) is 0 Å². The minimum Gasteiger partial charge on any atom is -1.00 e. The Kier molecular flexibility index (Phi) is 71.4. The van der Waals surface area contributed by atoms with Crippen molar-refractivity contribution < 1.29 is 52.4 Å². The number of nitrogens with two attached hydrogens (primary N) is 2. The normalized spacial score (nSPS) is 6.82. The fraction of sp³-hybridized carbons (Fsp3) is 0.643. The molecule has 10 N–H and O–H groups in total. The molecule has 168 valence electrons. The summed E-state index contributed by atoms with van der Waals surface area (Å²) in [6.45, 7) is 8.55. The van der Waals surface area contributed by atoms with Crippen LogP contribution in [0, 0.1) is 0 Å². The molecule has 0 rings (SSSR count). The van der Waals surface area contributed by atoms with Gasteiger partial charge in [-0.05, 0) is 0 Å². The number of rotatable bonds is 4. The summed E-state index contributed by atoms with van der Waals surface area (Å²) in [5.41, 5.74) is 10.3. The first-order valence-corrected chi connectivity index (χ1v) is 7.16. The monoisotopic (exact) mass is 429 g/mol. The number of carboxylic acids is 5. The van der Waals surface area contributed by atoms with E-state index in [1.54, 1.807) is 0 Å². The zero-order chi connectivity index (χ0) is 23.4. The number of carbonyl (C=O) groups is 5. The van der Waals surface area contributed by atoms with Crippen LogP contribution in [0.1, 0.15) is 37.5 Å². The topological polar surface area (TPSA) is 251 Å². The fourth-order valence-corrected chi connectivity index (χ4v) is 0.329. The summed E-state index contributed by atoms with van der Waals surface area (Å²) < 4.78 is 0. The van der Waals surface area contributed by atoms with Gasteiger partial charge in [0.1, 0.15) is 0 Å². The molecule has 0 saturated carbocycles. The molecule has 14 heteroatoms. The van der Waals surface area contributed by atoms with Crippen molar-refractivity contribution in [2.75, 3.05) is 26.2 Å². The van der Waals surface area contributed by atoms with E-state index in [1.807, 2.05) is 0 Å². The van der Waals surface area contributed by atoms with E-state index in [2.05, 4.69) is 5.32 Å². The minimum absolute atomic E-state index is 0. The van der Waals surface area contributed by atoms with Gasteiger partial charge in [-0.15, -0.1) is 0 Å². The van der Waals surface area contributed by atoms with Crippen molar-refractivity contribution in [3.05, 3.63) is 0 Å². The third-order valence-corrected chi connectivity index (χ3v) is 0.642. The van der Waals surface area contributed by atoms with Crippen molar-refractivity contribution in [1.29, 1.82) is 0 Å². The van der Waals surface area contributed by atoms with Gasteiger partial charge >= 0.3 is 23.1 Å². The summed E-state index contributed by atoms with van der Waals surface area (Å²) >= 11 is 0. The Balaban J connectivity index is -0.0000000251. The molecular formula is C14H35MgN3O10. The second-order valence-electron chi connectivity index (χ2n) is 3.92. The molecule has 0 amide bonds. The van der Waals surface area contributed by atoms with Crippen molar-refractivity contribution in [2.45, 2.75) is 34.6 Å². The third kappa shape index (κ3) is 3180. The molecule has 0 aromatic rings. The summed E-state index contributed by atoms with van der Waals surface area (Å²) in [4.78, 5) is 45.0. The average molecular weight is 430 g/mol. The Hall–Kier alpha value is -2.00. The first kappa shape index (κ1) is 45.0. The van der Waals surface area contributed by atoms with Crippen LogP contribution < -0.4 is 16.8 Å². The van der Waals surface area contributed by atoms with Crippen LogP contribution in [0.15, 0.2) is 0 Å². The molecule has 0 unspecified atom stereocenters. The predicted octanol–water partition coefficient (Wildman–Crippen LogP) is -1.21. The van der Waals surface area contributed by atoms with E-state index in [-0.39, 0.29) is 25.9 Å². The van der Waals surface area contributed by atoms with Gasteiger partial charge < -0.3 is 45.2 Å². The molecule has 0 aliphatic carbocycles. The number of nitrogens with one attached hydrogen (secondary N) is 1. The van der Waals surface area contributed by atoms with Crippen LogP contribution in [0.3, 0.4) is 0 Å². The van der Waals surface area contributed by atoms with Gasteiger partial charge in [0.25, 0.3) is 29.8 Å². The summed E-state index contributed by atoms with van der Waals surface area (Å²) in [6.07, 6.45) is 0. The third-order valence-electron chi connectivity index (χ3n) is 0.642. The van der Waals surface area contributed by atoms with Gasteiger partial charge in [0, 0.05) is 60.8 Å². The molecule has 0 atom stereocenters. The van der Waals surface area contributed by atoms with Gasteiger partial charge in [0.15, 0.2) is 0 Å². The zero-order valence-corrected chi connectivity index (χ0v) is 18.4. The van der Waals surface area contributed by atoms with E-state index >= 15 is 0 Å². The van der Waals surface area contributed by atoms with E-state index in [4.69, 9.17) is 61.0 Å². The number of carboxylic acid groups (broad SMARTS) is 5. The molecule has 0 aliphatic heterocycles. The average Bonchev–Trinajstić information content (AvgIpc) is 2.35. The molecule has 0 aromatic heterocycles. The van der Waals surface area contributed by atoms with Crippen molar-refractivity contribution in [3.8, 4) is 0 Å². The van der Waals surface area contributed by atoms with Crippen LogP contribution >= 0.6 is 0 Å². The summed E-state index contributed by atoms with van der Waals surface area (Å²) in [6, 6.07) is 0. The van der Waals surface area contributed by atoms with E-state index in [0.29, 0.717) is 13.1 Å². The van der Waals surface area contributed by atoms with Crippen LogP contribution in [0.5, 0.6) is 0 Å². The van der Waals surface area contributed by atoms with E-state index in [9.17, 15) is 0 Å². The minimum atomic E-state index is -0.833. The molecule has 0 bridgehead atoms. The van der Waals surface area contributed by atoms with Crippen molar-refractivity contribution in [2.24, 2.45) is 11.5 Å². The van der Waals surface area contributed by atoms with Crippen molar-refractivity contribution in [1.82, 2.24) is 5.32 Å². The molecule has 0 spiro atoms. The van der Waals surface area contributed by atoms with E-state index in [0.717, 1.165) is 47.7 Å². The van der Waals surface area contributed by atoms with Gasteiger partial charge in [-0.1, -0.05) is 0 Å². The smallest absolute Gasteiger partial charge is 1.00 e. The Bertz CT molecular complexity index is 299. The molecule has 13 nitrogen and oxygen atoms in total. The van der Waals surface area contributed by atoms with E-state index < -0.39 is 29.8 Å². The second kappa shape index (κ2) is 44.4. The zero-order valence-electron chi connectivity index (χ0n) is 19.0. The Morgan fingerprint density at radius 2 is 0.714 bits per heavy atom. The van der Waals surface area contributed by atoms with E-state index in [1.165, 1.54) is 0 Å². The summed E-state index contributed by atoms with van der Waals surface area (Å²) in [5, 5.41) is 40.1. The van der Waals surface area contributed by atoms with Gasteiger partial charge in [-0.3, -0.25) is 24.0 Å². The summed E-state index contributed by atoms with van der Waals surface area (Å²) in [5.74, 6) is -4.17. The SMILES string of the molecule is CC(=O)O.CC(=O)O.CC(=O)O.CC(=O)O.CC(=O)O.NCCNCCN.[H-].[H-].[Mg+2]. The van der Waals surface area contributed by atoms with Crippen LogP contribution in [0.2, 0.25) is 0 Å². The molecule has 28 heavy (non-hydrogen) atoms. The number of hydrogen-bond acceptors (Lipinski definition) is 8. The quantitative estimate of drug-likeness (QED) is 0.193. The second-order valence-corrected chi connectivity index (χ2v) is 3.92. The molecule has 0 aliphatic rings. The van der Waals surface area contributed by atoms with Crippen LogP contribution in [-0.2, 0) is 24.0 Å². The predicted molar refractivity (Wildman–Crippen MR) is 106 cm³/mol. The molecule has 0 aromatic carbocycles. The Morgan fingerprint density at radius 1 is 0.607 bits per heavy atom. The molecule has 0 radical (unpaired) electrons. The Morgan fingerprint density at radius 3 is 0.786 bits per heavy atom. The first-order chi connectivity index (χ1) is 12.1. The van der Waals surface area contributed by atoms with Crippen LogP contribution in [0.4, 0.5) is 0 Å². The summed E-state index contributed by atoms with van der Waals surface area (Å²) in [7, 11) is 0. The number of aliphatic carboxylic acids is 5. The van der Waals surface area contributed by atoms with Crippen LogP contribution in [0.25, 0.3) is 0 Å². The van der Waals surface area contributed by atoms with Gasteiger partial charge in [0.2, 0.25) is 0 Å². The maximum absolute atomic E-state index is 9.00. The molecule has 0 fully saturated rings. The number of hydrogen-bond donors (Lipinski definition) is 8. The first-order valence-electron chi connectivity index (χ1n) is 7.16. The van der Waals surface area contributed by atoms with Gasteiger partial charge in [-0.25, -0.2) is 0 Å². The van der Waals surface area contributed by atoms with Crippen molar-refractivity contribution >= 4 is 52.9 Å². The Labute approximate surface area is 183 Å². The maximum atomic E-state index is 9.00. The standard InChI is InChI=1S/C4H13N3.5C2H4O2.Mg.2H/c5-1-3-7-4-2-6;5*1-2(3)4;;;/h7H,1-6H2;5*1H3,(H,3,4);;;/q;;;;;;+2;2*-1. The fourth-order valence-electron chi connectivity index (χ4n) is 0.329. The molecule has 0 heterocycles. The maximum Gasteiger partial charge on any atom is 2.00 e. The molecular weight excluding hydrogens is 394 g/mol. The van der Waals surface area contributed by atoms with Gasteiger partial charge in [-0.2, -0.15) is 0 Å². The van der Waals surface area contributed by atoms with Crippen LogP contribution in [-0.4, -0.2) is 105 Å². The molecule has 0 saturated heterocycles.